The Labute approximate surface area is 146 Å². The van der Waals surface area contributed by atoms with Gasteiger partial charge in [0.1, 0.15) is 5.75 Å². The molecule has 3 aromatic rings. The molecule has 0 saturated heterocycles. The van der Waals surface area contributed by atoms with E-state index in [2.05, 4.69) is 0 Å². The van der Waals surface area contributed by atoms with Gasteiger partial charge in [0.2, 0.25) is 0 Å². The van der Waals surface area contributed by atoms with Gasteiger partial charge in [0.05, 0.1) is 0 Å². The lowest BCUT2D eigenvalue weighted by Crippen LogP contribution is -2.11. The maximum atomic E-state index is 12.3. The predicted molar refractivity (Wildman–Crippen MR) is 97.9 cm³/mol. The second-order valence-electron chi connectivity index (χ2n) is 5.57. The van der Waals surface area contributed by atoms with Crippen LogP contribution in [0.5, 0.6) is 5.75 Å². The van der Waals surface area contributed by atoms with E-state index in [1.807, 2.05) is 67.6 Å². The molecular formula is C21H17ClO2. The van der Waals surface area contributed by atoms with Crippen molar-refractivity contribution < 1.29 is 9.53 Å². The minimum atomic E-state index is -0.0535. The minimum absolute atomic E-state index is 0.00571. The highest BCUT2D eigenvalue weighted by Crippen LogP contribution is 2.22. The number of hydrogen-bond acceptors (Lipinski definition) is 2. The normalized spacial score (nSPS) is 10.4. The molecule has 0 amide bonds. The molecule has 0 bridgehead atoms. The highest BCUT2D eigenvalue weighted by Gasteiger charge is 2.08. The summed E-state index contributed by atoms with van der Waals surface area (Å²) in [4.78, 5) is 12.3. The van der Waals surface area contributed by atoms with Gasteiger partial charge < -0.3 is 4.74 Å². The number of ether oxygens (including phenoxy) is 1. The molecule has 2 nitrogen and oxygen atoms in total. The summed E-state index contributed by atoms with van der Waals surface area (Å²) in [7, 11) is 0. The number of Topliss-reactive ketones (excluding diaryl/α,β-unsaturated/α-hetero) is 1. The van der Waals surface area contributed by atoms with Crippen LogP contribution in [0.15, 0.2) is 72.8 Å². The molecule has 0 radical (unpaired) electrons. The summed E-state index contributed by atoms with van der Waals surface area (Å²) >= 11 is 5.98. The van der Waals surface area contributed by atoms with E-state index in [0.717, 1.165) is 16.7 Å². The van der Waals surface area contributed by atoms with Crippen molar-refractivity contribution in [2.45, 2.75) is 6.92 Å². The van der Waals surface area contributed by atoms with Gasteiger partial charge in [-0.3, -0.25) is 4.79 Å². The minimum Gasteiger partial charge on any atom is -0.485 e. The van der Waals surface area contributed by atoms with Crippen molar-refractivity contribution in [2.24, 2.45) is 0 Å². The second kappa shape index (κ2) is 7.33. The average molecular weight is 337 g/mol. The van der Waals surface area contributed by atoms with E-state index in [0.29, 0.717) is 16.3 Å². The molecule has 0 saturated carbocycles. The summed E-state index contributed by atoms with van der Waals surface area (Å²) in [6.45, 7) is 1.91. The summed E-state index contributed by atoms with van der Waals surface area (Å²) < 4.78 is 5.56. The topological polar surface area (TPSA) is 26.3 Å². The van der Waals surface area contributed by atoms with E-state index in [1.54, 1.807) is 12.1 Å². The number of rotatable bonds is 5. The zero-order valence-corrected chi connectivity index (χ0v) is 14.1. The smallest absolute Gasteiger partial charge is 0.200 e. The van der Waals surface area contributed by atoms with Gasteiger partial charge in [-0.2, -0.15) is 0 Å². The van der Waals surface area contributed by atoms with E-state index in [4.69, 9.17) is 16.3 Å². The molecule has 0 aliphatic heterocycles. The van der Waals surface area contributed by atoms with Crippen molar-refractivity contribution >= 4 is 17.4 Å². The second-order valence-corrected chi connectivity index (χ2v) is 5.97. The van der Waals surface area contributed by atoms with Crippen molar-refractivity contribution in [3.05, 3.63) is 88.9 Å². The quantitative estimate of drug-likeness (QED) is 0.569. The molecule has 0 aromatic heterocycles. The van der Waals surface area contributed by atoms with Gasteiger partial charge in [-0.25, -0.2) is 0 Å². The van der Waals surface area contributed by atoms with Crippen molar-refractivity contribution in [1.29, 1.82) is 0 Å². The van der Waals surface area contributed by atoms with Gasteiger partial charge in [0.15, 0.2) is 12.4 Å². The van der Waals surface area contributed by atoms with Gasteiger partial charge >= 0.3 is 0 Å². The molecule has 0 atom stereocenters. The molecule has 24 heavy (non-hydrogen) atoms. The molecule has 0 fully saturated rings. The van der Waals surface area contributed by atoms with Crippen LogP contribution in [-0.4, -0.2) is 12.4 Å². The zero-order valence-electron chi connectivity index (χ0n) is 13.3. The maximum Gasteiger partial charge on any atom is 0.200 e. The standard InChI is InChI=1S/C21H17ClO2/c1-15-13-19(11-12-20(15)22)24-14-21(23)18-9-7-17(8-10-18)16-5-3-2-4-6-16/h2-13H,14H2,1H3. The van der Waals surface area contributed by atoms with Gasteiger partial charge in [0, 0.05) is 10.6 Å². The van der Waals surface area contributed by atoms with Crippen LogP contribution in [-0.2, 0) is 0 Å². The van der Waals surface area contributed by atoms with Gasteiger partial charge in [-0.15, -0.1) is 0 Å². The largest absolute Gasteiger partial charge is 0.485 e. The SMILES string of the molecule is Cc1cc(OCC(=O)c2ccc(-c3ccccc3)cc2)ccc1Cl. The number of halogens is 1. The first-order chi connectivity index (χ1) is 11.6. The average Bonchev–Trinajstić information content (AvgIpc) is 2.63. The number of hydrogen-bond donors (Lipinski definition) is 0. The van der Waals surface area contributed by atoms with Crippen molar-refractivity contribution in [1.82, 2.24) is 0 Å². The van der Waals surface area contributed by atoms with Crippen molar-refractivity contribution in [3.8, 4) is 16.9 Å². The zero-order chi connectivity index (χ0) is 16.9. The summed E-state index contributed by atoms with van der Waals surface area (Å²) in [5.41, 5.74) is 3.78. The van der Waals surface area contributed by atoms with Crippen LogP contribution >= 0.6 is 11.6 Å². The lowest BCUT2D eigenvalue weighted by Gasteiger charge is -2.08. The number of carbonyl (C=O) groups excluding carboxylic acids is 1. The first-order valence-electron chi connectivity index (χ1n) is 7.71. The molecule has 0 aliphatic carbocycles. The molecule has 3 rings (SSSR count). The van der Waals surface area contributed by atoms with E-state index in [1.165, 1.54) is 0 Å². The van der Waals surface area contributed by atoms with Gasteiger partial charge in [-0.1, -0.05) is 66.2 Å². The number of carbonyl (C=O) groups is 1. The molecular weight excluding hydrogens is 320 g/mol. The third kappa shape index (κ3) is 3.84. The number of benzene rings is 3. The Bertz CT molecular complexity index is 839. The predicted octanol–water partition coefficient (Wildman–Crippen LogP) is 5.58. The highest BCUT2D eigenvalue weighted by atomic mass is 35.5. The highest BCUT2D eigenvalue weighted by molar-refractivity contribution is 6.31. The fraction of sp³-hybridized carbons (Fsp3) is 0.0952. The molecule has 3 aromatic carbocycles. The van der Waals surface area contributed by atoms with Crippen molar-refractivity contribution in [2.75, 3.05) is 6.61 Å². The van der Waals surface area contributed by atoms with Crippen LogP contribution in [0, 0.1) is 6.92 Å². The molecule has 0 unspecified atom stereocenters. The Morgan fingerprint density at radius 2 is 1.58 bits per heavy atom. The fourth-order valence-electron chi connectivity index (χ4n) is 2.42. The van der Waals surface area contributed by atoms with E-state index < -0.39 is 0 Å². The molecule has 0 N–H and O–H groups in total. The molecule has 120 valence electrons. The van der Waals surface area contributed by atoms with Crippen LogP contribution in [0.25, 0.3) is 11.1 Å². The maximum absolute atomic E-state index is 12.3. The van der Waals surface area contributed by atoms with E-state index in [9.17, 15) is 4.79 Å². The lowest BCUT2D eigenvalue weighted by molar-refractivity contribution is 0.0921. The van der Waals surface area contributed by atoms with E-state index >= 15 is 0 Å². The monoisotopic (exact) mass is 336 g/mol. The van der Waals surface area contributed by atoms with Crippen LogP contribution in [0.1, 0.15) is 15.9 Å². The van der Waals surface area contributed by atoms with Crippen LogP contribution < -0.4 is 4.74 Å². The van der Waals surface area contributed by atoms with Crippen LogP contribution in [0.2, 0.25) is 5.02 Å². The van der Waals surface area contributed by atoms with Crippen LogP contribution in [0.4, 0.5) is 0 Å². The van der Waals surface area contributed by atoms with Crippen LogP contribution in [0.3, 0.4) is 0 Å². The lowest BCUT2D eigenvalue weighted by atomic mass is 10.0. The first kappa shape index (κ1) is 16.3. The molecule has 0 aliphatic rings. The first-order valence-corrected chi connectivity index (χ1v) is 8.09. The summed E-state index contributed by atoms with van der Waals surface area (Å²) in [6, 6.07) is 23.0. The summed E-state index contributed by atoms with van der Waals surface area (Å²) in [6.07, 6.45) is 0. The number of aryl methyl sites for hydroxylation is 1. The fourth-order valence-corrected chi connectivity index (χ4v) is 2.54. The Morgan fingerprint density at radius 3 is 2.25 bits per heavy atom. The molecule has 3 heteroatoms. The van der Waals surface area contributed by atoms with E-state index in [-0.39, 0.29) is 12.4 Å². The Balaban J connectivity index is 1.66. The Kier molecular flexibility index (Phi) is 4.97. The molecule has 0 spiro atoms. The Hall–Kier alpha value is -2.58. The van der Waals surface area contributed by atoms with Gasteiger partial charge in [-0.05, 0) is 41.8 Å². The van der Waals surface area contributed by atoms with Crippen molar-refractivity contribution in [3.63, 3.8) is 0 Å². The Morgan fingerprint density at radius 1 is 0.917 bits per heavy atom. The molecule has 0 heterocycles. The number of ketones is 1. The summed E-state index contributed by atoms with van der Waals surface area (Å²) in [5.74, 6) is 0.591. The third-order valence-electron chi connectivity index (χ3n) is 3.81. The third-order valence-corrected chi connectivity index (χ3v) is 4.24. The van der Waals surface area contributed by atoms with Gasteiger partial charge in [0.25, 0.3) is 0 Å². The summed E-state index contributed by atoms with van der Waals surface area (Å²) in [5, 5.41) is 0.685.